The number of halogens is 3. The van der Waals surface area contributed by atoms with Gasteiger partial charge in [-0.2, -0.15) is 18.7 Å². The van der Waals surface area contributed by atoms with Crippen molar-refractivity contribution in [1.82, 2.24) is 26.7 Å². The fourth-order valence-electron chi connectivity index (χ4n) is 2.55. The Bertz CT molecular complexity index is 504. The Labute approximate surface area is 132 Å². The lowest BCUT2D eigenvalue weighted by atomic mass is 10.1. The van der Waals surface area contributed by atoms with Crippen LogP contribution in [-0.2, 0) is 11.4 Å². The van der Waals surface area contributed by atoms with E-state index in [1.54, 1.807) is 12.1 Å². The molecule has 0 saturated carbocycles. The second-order valence-electron chi connectivity index (χ2n) is 5.59. The Morgan fingerprint density at radius 1 is 1.17 bits per heavy atom. The van der Waals surface area contributed by atoms with Gasteiger partial charge in [0.15, 0.2) is 0 Å². The quantitative estimate of drug-likeness (QED) is 0.547. The maximum atomic E-state index is 12.5. The Kier molecular flexibility index (Phi) is 5.14. The van der Waals surface area contributed by atoms with Crippen LogP contribution in [0.25, 0.3) is 0 Å². The van der Waals surface area contributed by atoms with Crippen LogP contribution in [-0.4, -0.2) is 38.2 Å². The highest BCUT2D eigenvalue weighted by molar-refractivity contribution is 5.25. The molecule has 2 saturated heterocycles. The lowest BCUT2D eigenvalue weighted by Crippen LogP contribution is -2.55. The van der Waals surface area contributed by atoms with Crippen LogP contribution in [0.1, 0.15) is 17.3 Å². The highest BCUT2D eigenvalue weighted by Gasteiger charge is 2.46. The van der Waals surface area contributed by atoms with Gasteiger partial charge < -0.3 is 5.32 Å². The number of hydrogen-bond donors (Lipinski definition) is 5. The van der Waals surface area contributed by atoms with Crippen molar-refractivity contribution in [3.05, 3.63) is 35.4 Å². The summed E-state index contributed by atoms with van der Waals surface area (Å²) in [5, 5.41) is 12.4. The van der Waals surface area contributed by atoms with Gasteiger partial charge >= 0.3 is 6.18 Å². The normalized spacial score (nSPS) is 28.9. The first-order chi connectivity index (χ1) is 11.0. The monoisotopic (exact) mass is 331 g/mol. The van der Waals surface area contributed by atoms with Crippen molar-refractivity contribution in [3.8, 4) is 0 Å². The molecule has 3 rings (SSSR count). The van der Waals surface area contributed by atoms with Crippen LogP contribution in [0.4, 0.5) is 13.2 Å². The molecule has 2 fully saturated rings. The van der Waals surface area contributed by atoms with Crippen molar-refractivity contribution in [2.75, 3.05) is 19.6 Å². The molecule has 2 heterocycles. The molecule has 2 aliphatic rings. The summed E-state index contributed by atoms with van der Waals surface area (Å²) in [6.45, 7) is 3.45. The minimum absolute atomic E-state index is 0.225. The molecule has 3 unspecified atom stereocenters. The number of alkyl halides is 3. The van der Waals surface area contributed by atoms with Gasteiger partial charge in [0.05, 0.1) is 6.17 Å². The molecule has 9 heteroatoms. The van der Waals surface area contributed by atoms with Crippen LogP contribution < -0.4 is 26.7 Å². The second kappa shape index (κ2) is 7.12. The third kappa shape index (κ3) is 4.40. The third-order valence-electron chi connectivity index (χ3n) is 3.83. The van der Waals surface area contributed by atoms with Crippen molar-refractivity contribution < 1.29 is 18.0 Å². The largest absolute Gasteiger partial charge is 0.430 e. The van der Waals surface area contributed by atoms with Gasteiger partial charge in [0, 0.05) is 26.2 Å². The molecule has 0 aliphatic carbocycles. The number of hydrogen-bond acceptors (Lipinski definition) is 6. The predicted octanol–water partition coefficient (Wildman–Crippen LogP) is 0.306. The highest BCUT2D eigenvalue weighted by atomic mass is 19.4. The average Bonchev–Trinajstić information content (AvgIpc) is 3.05. The van der Waals surface area contributed by atoms with Crippen molar-refractivity contribution >= 4 is 0 Å². The molecule has 0 spiro atoms. The molecule has 0 radical (unpaired) electrons. The zero-order chi connectivity index (χ0) is 16.3. The second-order valence-corrected chi connectivity index (χ2v) is 5.59. The van der Waals surface area contributed by atoms with Crippen LogP contribution in [0.5, 0.6) is 0 Å². The lowest BCUT2D eigenvalue weighted by molar-refractivity contribution is -0.224. The van der Waals surface area contributed by atoms with Crippen LogP contribution in [0, 0.1) is 0 Å². The summed E-state index contributed by atoms with van der Waals surface area (Å²) >= 11 is 0. The van der Waals surface area contributed by atoms with Crippen LogP contribution >= 0.6 is 0 Å². The predicted molar refractivity (Wildman–Crippen MR) is 77.9 cm³/mol. The van der Waals surface area contributed by atoms with Crippen molar-refractivity contribution in [3.63, 3.8) is 0 Å². The Morgan fingerprint density at radius 3 is 2.57 bits per heavy atom. The van der Waals surface area contributed by atoms with E-state index < -0.39 is 18.6 Å². The molecule has 0 aromatic heterocycles. The molecule has 23 heavy (non-hydrogen) atoms. The Hall–Kier alpha value is -1.23. The van der Waals surface area contributed by atoms with E-state index in [0.717, 1.165) is 25.2 Å². The standard InChI is InChI=1S/C14H20F3N5O/c15-14(16,17)13-21-12(22-23-13)10-3-1-9(2-4-10)7-20-11-8-18-5-6-19-11/h1-4,11-13,18-22H,5-8H2. The number of hydroxylamine groups is 1. The smallest absolute Gasteiger partial charge is 0.313 e. The summed E-state index contributed by atoms with van der Waals surface area (Å²) in [5.41, 5.74) is 4.12. The van der Waals surface area contributed by atoms with E-state index in [0.29, 0.717) is 12.1 Å². The molecule has 1 aromatic carbocycles. The molecule has 0 bridgehead atoms. The minimum atomic E-state index is -4.44. The zero-order valence-electron chi connectivity index (χ0n) is 12.4. The van der Waals surface area contributed by atoms with E-state index in [4.69, 9.17) is 0 Å². The van der Waals surface area contributed by atoms with Gasteiger partial charge in [-0.1, -0.05) is 24.3 Å². The lowest BCUT2D eigenvalue weighted by Gasteiger charge is -2.25. The van der Waals surface area contributed by atoms with Gasteiger partial charge in [0.1, 0.15) is 6.17 Å². The summed E-state index contributed by atoms with van der Waals surface area (Å²) in [6.07, 6.45) is -6.87. The molecular formula is C14H20F3N5O. The summed E-state index contributed by atoms with van der Waals surface area (Å²) < 4.78 is 37.6. The van der Waals surface area contributed by atoms with Gasteiger partial charge in [-0.15, -0.1) is 0 Å². The first kappa shape index (κ1) is 16.6. The first-order valence-electron chi connectivity index (χ1n) is 7.52. The SMILES string of the molecule is FC(F)(F)C1NC(c2ccc(CNC3CNCCN3)cc2)NO1. The van der Waals surface area contributed by atoms with Crippen molar-refractivity contribution in [1.29, 1.82) is 0 Å². The van der Waals surface area contributed by atoms with Crippen molar-refractivity contribution in [2.24, 2.45) is 0 Å². The number of piperazine rings is 1. The van der Waals surface area contributed by atoms with Gasteiger partial charge in [-0.3, -0.25) is 20.8 Å². The molecular weight excluding hydrogens is 311 g/mol. The fourth-order valence-corrected chi connectivity index (χ4v) is 2.55. The summed E-state index contributed by atoms with van der Waals surface area (Å²) in [4.78, 5) is 4.53. The first-order valence-corrected chi connectivity index (χ1v) is 7.52. The molecule has 5 N–H and O–H groups in total. The van der Waals surface area contributed by atoms with E-state index in [1.165, 1.54) is 0 Å². The van der Waals surface area contributed by atoms with Gasteiger partial charge in [-0.25, -0.2) is 0 Å². The van der Waals surface area contributed by atoms with Crippen LogP contribution in [0.2, 0.25) is 0 Å². The average molecular weight is 331 g/mol. The van der Waals surface area contributed by atoms with Crippen molar-refractivity contribution in [2.45, 2.75) is 31.3 Å². The fraction of sp³-hybridized carbons (Fsp3) is 0.571. The molecule has 3 atom stereocenters. The van der Waals surface area contributed by atoms with Gasteiger partial charge in [0.25, 0.3) is 0 Å². The number of nitrogens with one attached hydrogen (secondary N) is 5. The summed E-state index contributed by atoms with van der Waals surface area (Å²) in [5.74, 6) is 0. The zero-order valence-corrected chi connectivity index (χ0v) is 12.4. The molecule has 2 aliphatic heterocycles. The van der Waals surface area contributed by atoms with E-state index in [1.807, 2.05) is 12.1 Å². The number of benzene rings is 1. The molecule has 0 amide bonds. The Balaban J connectivity index is 1.51. The Morgan fingerprint density at radius 2 is 1.96 bits per heavy atom. The van der Waals surface area contributed by atoms with Crippen LogP contribution in [0.15, 0.2) is 24.3 Å². The topological polar surface area (TPSA) is 69.4 Å². The maximum Gasteiger partial charge on any atom is 0.430 e. The highest BCUT2D eigenvalue weighted by Crippen LogP contribution is 2.27. The van der Waals surface area contributed by atoms with E-state index in [2.05, 4.69) is 31.6 Å². The van der Waals surface area contributed by atoms with Gasteiger partial charge in [-0.05, 0) is 11.1 Å². The van der Waals surface area contributed by atoms with Gasteiger partial charge in [0.2, 0.25) is 6.23 Å². The molecule has 1 aromatic rings. The molecule has 6 nitrogen and oxygen atoms in total. The minimum Gasteiger partial charge on any atom is -0.313 e. The van der Waals surface area contributed by atoms with E-state index in [-0.39, 0.29) is 6.17 Å². The van der Waals surface area contributed by atoms with Crippen LogP contribution in [0.3, 0.4) is 0 Å². The maximum absolute atomic E-state index is 12.5. The van der Waals surface area contributed by atoms with E-state index >= 15 is 0 Å². The number of rotatable bonds is 4. The summed E-state index contributed by atoms with van der Waals surface area (Å²) in [6, 6.07) is 7.36. The summed E-state index contributed by atoms with van der Waals surface area (Å²) in [7, 11) is 0. The molecule has 128 valence electrons. The van der Waals surface area contributed by atoms with E-state index in [9.17, 15) is 13.2 Å². The third-order valence-corrected chi connectivity index (χ3v) is 3.83.